The van der Waals surface area contributed by atoms with E-state index in [4.69, 9.17) is 11.1 Å². The monoisotopic (exact) mass is 232 g/mol. The van der Waals surface area contributed by atoms with Crippen molar-refractivity contribution in [3.63, 3.8) is 0 Å². The van der Waals surface area contributed by atoms with Crippen LogP contribution in [-0.2, 0) is 12.7 Å². The van der Waals surface area contributed by atoms with Crippen LogP contribution in [0.5, 0.6) is 0 Å². The first kappa shape index (κ1) is 11.0. The van der Waals surface area contributed by atoms with E-state index in [9.17, 15) is 13.2 Å². The highest BCUT2D eigenvalue weighted by Gasteiger charge is 2.38. The standard InChI is InChI=1S/C9H11F3N4/c10-9(11,12)7-6(8(13)14)4-16(15-7)3-5-1-2-5/h4-5H,1-3H2,(H3,13,14). The van der Waals surface area contributed by atoms with Gasteiger partial charge in [0.25, 0.3) is 0 Å². The minimum atomic E-state index is -4.56. The van der Waals surface area contributed by atoms with Gasteiger partial charge < -0.3 is 5.73 Å². The van der Waals surface area contributed by atoms with Gasteiger partial charge in [0.15, 0.2) is 5.69 Å². The van der Waals surface area contributed by atoms with E-state index in [1.165, 1.54) is 10.9 Å². The quantitative estimate of drug-likeness (QED) is 0.614. The van der Waals surface area contributed by atoms with Crippen LogP contribution in [0.25, 0.3) is 0 Å². The van der Waals surface area contributed by atoms with Crippen LogP contribution >= 0.6 is 0 Å². The van der Waals surface area contributed by atoms with Gasteiger partial charge in [-0.1, -0.05) is 0 Å². The molecular weight excluding hydrogens is 221 g/mol. The van der Waals surface area contributed by atoms with Gasteiger partial charge in [-0.15, -0.1) is 0 Å². The van der Waals surface area contributed by atoms with Crippen LogP contribution in [0.15, 0.2) is 6.20 Å². The van der Waals surface area contributed by atoms with E-state index in [1.54, 1.807) is 0 Å². The van der Waals surface area contributed by atoms with Crippen LogP contribution in [0.3, 0.4) is 0 Å². The molecule has 0 aliphatic heterocycles. The van der Waals surface area contributed by atoms with Crippen LogP contribution in [0.4, 0.5) is 13.2 Å². The zero-order chi connectivity index (χ0) is 11.9. The van der Waals surface area contributed by atoms with Crippen LogP contribution in [0.1, 0.15) is 24.1 Å². The molecule has 2 rings (SSSR count). The molecule has 16 heavy (non-hydrogen) atoms. The van der Waals surface area contributed by atoms with Crippen molar-refractivity contribution in [1.29, 1.82) is 5.41 Å². The Morgan fingerprint density at radius 1 is 1.56 bits per heavy atom. The fourth-order valence-electron chi connectivity index (χ4n) is 1.49. The molecule has 1 aromatic rings. The van der Waals surface area contributed by atoms with Crippen molar-refractivity contribution in [2.45, 2.75) is 25.6 Å². The summed E-state index contributed by atoms with van der Waals surface area (Å²) >= 11 is 0. The number of nitrogens with one attached hydrogen (secondary N) is 1. The lowest BCUT2D eigenvalue weighted by molar-refractivity contribution is -0.141. The van der Waals surface area contributed by atoms with Gasteiger partial charge in [-0.25, -0.2) is 0 Å². The fraction of sp³-hybridized carbons (Fsp3) is 0.556. The predicted octanol–water partition coefficient (Wildman–Crippen LogP) is 1.60. The minimum Gasteiger partial charge on any atom is -0.384 e. The van der Waals surface area contributed by atoms with E-state index in [-0.39, 0.29) is 5.56 Å². The van der Waals surface area contributed by atoms with E-state index in [0.29, 0.717) is 12.5 Å². The fourth-order valence-corrected chi connectivity index (χ4v) is 1.49. The van der Waals surface area contributed by atoms with Crippen LogP contribution in [0, 0.1) is 11.3 Å². The highest BCUT2D eigenvalue weighted by molar-refractivity contribution is 5.95. The van der Waals surface area contributed by atoms with Crippen LogP contribution < -0.4 is 5.73 Å². The number of nitrogen functional groups attached to an aromatic ring is 1. The summed E-state index contributed by atoms with van der Waals surface area (Å²) < 4.78 is 38.9. The molecule has 0 unspecified atom stereocenters. The van der Waals surface area contributed by atoms with Gasteiger partial charge in [-0.05, 0) is 18.8 Å². The summed E-state index contributed by atoms with van der Waals surface area (Å²) in [7, 11) is 0. The Morgan fingerprint density at radius 3 is 2.56 bits per heavy atom. The zero-order valence-electron chi connectivity index (χ0n) is 8.38. The van der Waals surface area contributed by atoms with Crippen molar-refractivity contribution >= 4 is 5.84 Å². The molecule has 1 fully saturated rings. The van der Waals surface area contributed by atoms with Crippen molar-refractivity contribution in [3.8, 4) is 0 Å². The largest absolute Gasteiger partial charge is 0.435 e. The number of amidine groups is 1. The number of hydrogen-bond acceptors (Lipinski definition) is 2. The van der Waals surface area contributed by atoms with Gasteiger partial charge in [0, 0.05) is 12.7 Å². The number of nitrogens with zero attached hydrogens (tertiary/aromatic N) is 2. The molecule has 1 aliphatic rings. The summed E-state index contributed by atoms with van der Waals surface area (Å²) in [4.78, 5) is 0. The molecule has 88 valence electrons. The molecule has 0 aromatic carbocycles. The molecule has 0 amide bonds. The third-order valence-electron chi connectivity index (χ3n) is 2.46. The Hall–Kier alpha value is -1.53. The smallest absolute Gasteiger partial charge is 0.384 e. The normalized spacial score (nSPS) is 16.4. The molecule has 0 saturated heterocycles. The Kier molecular flexibility index (Phi) is 2.40. The maximum atomic E-state index is 12.5. The number of rotatable bonds is 3. The van der Waals surface area contributed by atoms with E-state index in [0.717, 1.165) is 12.8 Å². The lowest BCUT2D eigenvalue weighted by Gasteiger charge is -2.04. The third kappa shape index (κ3) is 2.17. The zero-order valence-corrected chi connectivity index (χ0v) is 8.38. The molecule has 1 heterocycles. The topological polar surface area (TPSA) is 67.7 Å². The molecule has 0 radical (unpaired) electrons. The number of alkyl halides is 3. The van der Waals surface area contributed by atoms with E-state index < -0.39 is 17.7 Å². The lowest BCUT2D eigenvalue weighted by atomic mass is 10.2. The molecular formula is C9H11F3N4. The summed E-state index contributed by atoms with van der Waals surface area (Å²) in [6.07, 6.45) is -1.31. The van der Waals surface area contributed by atoms with Crippen molar-refractivity contribution in [1.82, 2.24) is 9.78 Å². The minimum absolute atomic E-state index is 0.340. The molecule has 3 N–H and O–H groups in total. The molecule has 0 bridgehead atoms. The van der Waals surface area contributed by atoms with Gasteiger partial charge in [0.2, 0.25) is 0 Å². The summed E-state index contributed by atoms with van der Waals surface area (Å²) in [5, 5.41) is 10.5. The first-order chi connectivity index (χ1) is 7.38. The van der Waals surface area contributed by atoms with E-state index >= 15 is 0 Å². The summed E-state index contributed by atoms with van der Waals surface area (Å²) in [5.41, 5.74) is 3.69. The average Bonchev–Trinajstić information content (AvgIpc) is 2.79. The van der Waals surface area contributed by atoms with Crippen molar-refractivity contribution in [2.24, 2.45) is 11.7 Å². The molecule has 4 nitrogen and oxygen atoms in total. The molecule has 1 saturated carbocycles. The Bertz CT molecular complexity index is 417. The Morgan fingerprint density at radius 2 is 2.19 bits per heavy atom. The molecule has 7 heteroatoms. The second-order valence-electron chi connectivity index (χ2n) is 3.97. The number of hydrogen-bond donors (Lipinski definition) is 2. The molecule has 0 spiro atoms. The van der Waals surface area contributed by atoms with Gasteiger partial charge in [0.05, 0.1) is 5.56 Å². The highest BCUT2D eigenvalue weighted by atomic mass is 19.4. The highest BCUT2D eigenvalue weighted by Crippen LogP contribution is 2.33. The maximum absolute atomic E-state index is 12.5. The molecule has 0 atom stereocenters. The van der Waals surface area contributed by atoms with Crippen LogP contribution in [-0.4, -0.2) is 15.6 Å². The third-order valence-corrected chi connectivity index (χ3v) is 2.46. The summed E-state index contributed by atoms with van der Waals surface area (Å²) in [6.45, 7) is 0.469. The maximum Gasteiger partial charge on any atom is 0.435 e. The average molecular weight is 232 g/mol. The summed E-state index contributed by atoms with van der Waals surface area (Å²) in [6, 6.07) is 0. The number of halogens is 3. The summed E-state index contributed by atoms with van der Waals surface area (Å²) in [5.74, 6) is -0.185. The van der Waals surface area contributed by atoms with Crippen molar-refractivity contribution in [3.05, 3.63) is 17.5 Å². The number of nitrogens with two attached hydrogens (primary N) is 1. The molecule has 1 aromatic heterocycles. The first-order valence-electron chi connectivity index (χ1n) is 4.87. The second-order valence-corrected chi connectivity index (χ2v) is 3.97. The van der Waals surface area contributed by atoms with Crippen molar-refractivity contribution < 1.29 is 13.2 Å². The SMILES string of the molecule is N=C(N)c1cn(CC2CC2)nc1C(F)(F)F. The Balaban J connectivity index is 2.32. The second kappa shape index (κ2) is 3.50. The van der Waals surface area contributed by atoms with Gasteiger partial charge in [0.1, 0.15) is 5.84 Å². The van der Waals surface area contributed by atoms with Gasteiger partial charge >= 0.3 is 6.18 Å². The molecule has 1 aliphatic carbocycles. The lowest BCUT2D eigenvalue weighted by Crippen LogP contribution is -2.17. The van der Waals surface area contributed by atoms with Gasteiger partial charge in [-0.3, -0.25) is 10.1 Å². The van der Waals surface area contributed by atoms with E-state index in [2.05, 4.69) is 5.10 Å². The van der Waals surface area contributed by atoms with Crippen LogP contribution in [0.2, 0.25) is 0 Å². The first-order valence-corrected chi connectivity index (χ1v) is 4.87. The predicted molar refractivity (Wildman–Crippen MR) is 51.0 cm³/mol. The van der Waals surface area contributed by atoms with E-state index in [1.807, 2.05) is 0 Å². The van der Waals surface area contributed by atoms with Crippen molar-refractivity contribution in [2.75, 3.05) is 0 Å². The van der Waals surface area contributed by atoms with Gasteiger partial charge in [-0.2, -0.15) is 18.3 Å². The number of aromatic nitrogens is 2. The Labute approximate surface area is 89.7 Å².